The average Bonchev–Trinajstić information content (AvgIpc) is 3.06. The molecule has 5 nitrogen and oxygen atoms in total. The van der Waals surface area contributed by atoms with E-state index in [9.17, 15) is 22.8 Å². The largest absolute Gasteiger partial charge is 0.448 e. The number of ether oxygens (including phenoxy) is 1. The number of H-pyrrole nitrogens is 1. The lowest BCUT2D eigenvalue weighted by atomic mass is 10.1. The number of aromatic amines is 1. The normalized spacial score (nSPS) is 12.6. The van der Waals surface area contributed by atoms with Gasteiger partial charge in [0.05, 0.1) is 11.3 Å². The second-order valence-corrected chi connectivity index (χ2v) is 6.43. The second-order valence-electron chi connectivity index (χ2n) is 5.99. The monoisotopic (exact) mass is 410 g/mol. The molecule has 0 aliphatic heterocycles. The number of esters is 1. The van der Waals surface area contributed by atoms with Gasteiger partial charge in [0.15, 0.2) is 6.10 Å². The Morgan fingerprint density at radius 2 is 1.86 bits per heavy atom. The molecule has 3 aromatic rings. The Kier molecular flexibility index (Phi) is 5.33. The maximum atomic E-state index is 13.1. The molecule has 9 heteroatoms. The third-order valence-corrected chi connectivity index (χ3v) is 4.18. The van der Waals surface area contributed by atoms with Crippen LogP contribution in [0.4, 0.5) is 18.9 Å². The molecule has 0 radical (unpaired) electrons. The van der Waals surface area contributed by atoms with Crippen LogP contribution in [0.5, 0.6) is 0 Å². The molecule has 28 heavy (non-hydrogen) atoms. The van der Waals surface area contributed by atoms with E-state index in [0.717, 1.165) is 11.5 Å². The van der Waals surface area contributed by atoms with E-state index in [1.807, 2.05) is 0 Å². The zero-order chi connectivity index (χ0) is 20.5. The molecular formula is C19H14ClF3N2O3. The number of amides is 1. The van der Waals surface area contributed by atoms with Gasteiger partial charge in [-0.15, -0.1) is 0 Å². The highest BCUT2D eigenvalue weighted by atomic mass is 35.5. The van der Waals surface area contributed by atoms with Crippen molar-refractivity contribution in [2.24, 2.45) is 0 Å². The predicted molar refractivity (Wildman–Crippen MR) is 98.3 cm³/mol. The number of alkyl halides is 3. The highest BCUT2D eigenvalue weighted by Crippen LogP contribution is 2.36. The number of rotatable bonds is 4. The van der Waals surface area contributed by atoms with Gasteiger partial charge in [0.2, 0.25) is 0 Å². The quantitative estimate of drug-likeness (QED) is 0.593. The number of anilines is 1. The smallest absolute Gasteiger partial charge is 0.418 e. The Bertz CT molecular complexity index is 1010. The molecule has 1 atom stereocenters. The van der Waals surface area contributed by atoms with Gasteiger partial charge >= 0.3 is 12.1 Å². The molecule has 0 saturated carbocycles. The summed E-state index contributed by atoms with van der Waals surface area (Å²) < 4.78 is 44.4. The Labute approximate surface area is 162 Å². The molecule has 0 spiro atoms. The molecule has 1 heterocycles. The summed E-state index contributed by atoms with van der Waals surface area (Å²) in [6.07, 6.45) is -6.03. The lowest BCUT2D eigenvalue weighted by Crippen LogP contribution is -2.30. The molecule has 0 fully saturated rings. The van der Waals surface area contributed by atoms with E-state index in [1.165, 1.54) is 13.0 Å². The molecule has 2 N–H and O–H groups in total. The van der Waals surface area contributed by atoms with Gasteiger partial charge in [-0.25, -0.2) is 4.79 Å². The Morgan fingerprint density at radius 1 is 1.14 bits per heavy atom. The van der Waals surface area contributed by atoms with Crippen LogP contribution in [0, 0.1) is 0 Å². The number of hydrogen-bond donors (Lipinski definition) is 2. The summed E-state index contributed by atoms with van der Waals surface area (Å²) in [4.78, 5) is 27.3. The van der Waals surface area contributed by atoms with E-state index < -0.39 is 35.4 Å². The van der Waals surface area contributed by atoms with Crippen LogP contribution < -0.4 is 5.32 Å². The van der Waals surface area contributed by atoms with Gasteiger partial charge in [-0.1, -0.05) is 29.8 Å². The number of carbonyl (C=O) groups excluding carboxylic acids is 2. The van der Waals surface area contributed by atoms with Gasteiger partial charge in [0, 0.05) is 15.9 Å². The Balaban J connectivity index is 1.72. The van der Waals surface area contributed by atoms with Crippen molar-refractivity contribution in [2.75, 3.05) is 5.32 Å². The molecule has 3 rings (SSSR count). The van der Waals surface area contributed by atoms with Crippen molar-refractivity contribution < 1.29 is 27.5 Å². The number of aromatic nitrogens is 1. The number of hydrogen-bond acceptors (Lipinski definition) is 3. The molecular weight excluding hydrogens is 397 g/mol. The number of fused-ring (bicyclic) bond motifs is 1. The van der Waals surface area contributed by atoms with Gasteiger partial charge in [-0.3, -0.25) is 4.79 Å². The fourth-order valence-electron chi connectivity index (χ4n) is 2.56. The molecule has 1 aromatic heterocycles. The molecule has 146 valence electrons. The van der Waals surface area contributed by atoms with E-state index in [0.29, 0.717) is 11.6 Å². The van der Waals surface area contributed by atoms with Crippen molar-refractivity contribution >= 4 is 40.1 Å². The van der Waals surface area contributed by atoms with E-state index in [1.54, 1.807) is 30.3 Å². The highest BCUT2D eigenvalue weighted by molar-refractivity contribution is 6.30. The fourth-order valence-corrected chi connectivity index (χ4v) is 2.73. The molecule has 0 saturated heterocycles. The number of carbonyl (C=O) groups is 2. The third-order valence-electron chi connectivity index (χ3n) is 3.95. The maximum absolute atomic E-state index is 13.1. The SMILES string of the molecule is C[C@@H](OC(=O)c1cc2ccccc2[nH]1)C(=O)Nc1ccc(Cl)cc1C(F)(F)F. The van der Waals surface area contributed by atoms with Gasteiger partial charge < -0.3 is 15.0 Å². The zero-order valence-electron chi connectivity index (χ0n) is 14.4. The Hall–Kier alpha value is -3.00. The van der Waals surface area contributed by atoms with E-state index in [2.05, 4.69) is 10.3 Å². The van der Waals surface area contributed by atoms with Crippen molar-refractivity contribution in [1.82, 2.24) is 4.98 Å². The molecule has 0 aliphatic carbocycles. The molecule has 2 aromatic carbocycles. The summed E-state index contributed by atoms with van der Waals surface area (Å²) in [6.45, 7) is 1.26. The minimum atomic E-state index is -4.71. The maximum Gasteiger partial charge on any atom is 0.418 e. The molecule has 0 unspecified atom stereocenters. The summed E-state index contributed by atoms with van der Waals surface area (Å²) in [5.41, 5.74) is -0.733. The van der Waals surface area contributed by atoms with E-state index in [4.69, 9.17) is 16.3 Å². The number of para-hydroxylation sites is 1. The topological polar surface area (TPSA) is 71.2 Å². The van der Waals surface area contributed by atoms with Crippen molar-refractivity contribution in [3.05, 3.63) is 64.8 Å². The van der Waals surface area contributed by atoms with Gasteiger partial charge in [0.25, 0.3) is 5.91 Å². The fraction of sp³-hybridized carbons (Fsp3) is 0.158. The van der Waals surface area contributed by atoms with Crippen molar-refractivity contribution in [3.8, 4) is 0 Å². The first kappa shape index (κ1) is 19.8. The first-order chi connectivity index (χ1) is 13.1. The summed E-state index contributed by atoms with van der Waals surface area (Å²) in [6, 6.07) is 11.7. The van der Waals surface area contributed by atoms with E-state index in [-0.39, 0.29) is 10.7 Å². The van der Waals surface area contributed by atoms with E-state index >= 15 is 0 Å². The average molecular weight is 411 g/mol. The van der Waals surface area contributed by atoms with Gasteiger partial charge in [0.1, 0.15) is 5.69 Å². The number of nitrogens with one attached hydrogen (secondary N) is 2. The van der Waals surface area contributed by atoms with Crippen molar-refractivity contribution in [1.29, 1.82) is 0 Å². The zero-order valence-corrected chi connectivity index (χ0v) is 15.2. The van der Waals surface area contributed by atoms with Gasteiger partial charge in [-0.05, 0) is 37.3 Å². The van der Waals surface area contributed by atoms with Crippen LogP contribution in [-0.4, -0.2) is 23.0 Å². The minimum absolute atomic E-state index is 0.122. The molecule has 1 amide bonds. The van der Waals surface area contributed by atoms with Crippen LogP contribution in [0.1, 0.15) is 23.0 Å². The Morgan fingerprint density at radius 3 is 2.54 bits per heavy atom. The summed E-state index contributed by atoms with van der Waals surface area (Å²) in [5, 5.41) is 2.78. The van der Waals surface area contributed by atoms with Crippen LogP contribution in [0.25, 0.3) is 10.9 Å². The van der Waals surface area contributed by atoms with Crippen LogP contribution in [0.3, 0.4) is 0 Å². The van der Waals surface area contributed by atoms with Crippen LogP contribution >= 0.6 is 11.6 Å². The first-order valence-electron chi connectivity index (χ1n) is 8.11. The van der Waals surface area contributed by atoms with Crippen molar-refractivity contribution in [2.45, 2.75) is 19.2 Å². The third kappa shape index (κ3) is 4.28. The lowest BCUT2D eigenvalue weighted by Gasteiger charge is -2.17. The summed E-state index contributed by atoms with van der Waals surface area (Å²) >= 11 is 5.61. The number of benzene rings is 2. The first-order valence-corrected chi connectivity index (χ1v) is 8.49. The highest BCUT2D eigenvalue weighted by Gasteiger charge is 2.34. The molecule has 0 aliphatic rings. The standard InChI is InChI=1S/C19H14ClF3N2O3/c1-10(28-18(27)16-8-11-4-2-3-5-14(11)24-16)17(26)25-15-7-6-12(20)9-13(15)19(21,22)23/h2-10,24H,1H3,(H,25,26)/t10-/m1/s1. The summed E-state index contributed by atoms with van der Waals surface area (Å²) in [5.74, 6) is -1.71. The van der Waals surface area contributed by atoms with Crippen LogP contribution in [0.2, 0.25) is 5.02 Å². The molecule has 0 bridgehead atoms. The second kappa shape index (κ2) is 7.55. The predicted octanol–water partition coefficient (Wildman–Crippen LogP) is 5.02. The van der Waals surface area contributed by atoms with Crippen LogP contribution in [0.15, 0.2) is 48.5 Å². The number of halogens is 4. The minimum Gasteiger partial charge on any atom is -0.448 e. The summed E-state index contributed by atoms with van der Waals surface area (Å²) in [7, 11) is 0. The lowest BCUT2D eigenvalue weighted by molar-refractivity contribution is -0.137. The van der Waals surface area contributed by atoms with Gasteiger partial charge in [-0.2, -0.15) is 13.2 Å². The van der Waals surface area contributed by atoms with Crippen LogP contribution in [-0.2, 0) is 15.7 Å². The van der Waals surface area contributed by atoms with Crippen molar-refractivity contribution in [3.63, 3.8) is 0 Å².